The molecule has 2 heterocycles. The first kappa shape index (κ1) is 14.2. The van der Waals surface area contributed by atoms with Crippen LogP contribution >= 0.6 is 11.3 Å². The Balaban J connectivity index is 2.09. The van der Waals surface area contributed by atoms with E-state index in [2.05, 4.69) is 47.7 Å². The fourth-order valence-corrected chi connectivity index (χ4v) is 2.73. The maximum absolute atomic E-state index is 4.62. The average Bonchev–Trinajstić information content (AvgIpc) is 3.03. The van der Waals surface area contributed by atoms with Crippen molar-refractivity contribution in [2.45, 2.75) is 46.2 Å². The van der Waals surface area contributed by atoms with Crippen LogP contribution in [0.2, 0.25) is 0 Å². The lowest BCUT2D eigenvalue weighted by molar-refractivity contribution is 0.519. The number of aryl methyl sites for hydroxylation is 2. The molecule has 0 saturated heterocycles. The predicted molar refractivity (Wildman–Crippen MR) is 79.5 cm³/mol. The summed E-state index contributed by atoms with van der Waals surface area (Å²) in [6.45, 7) is 8.28. The van der Waals surface area contributed by atoms with Crippen molar-refractivity contribution in [2.24, 2.45) is 0 Å². The first-order chi connectivity index (χ1) is 9.22. The normalized spacial score (nSPS) is 12.8. The van der Waals surface area contributed by atoms with Crippen molar-refractivity contribution in [3.05, 3.63) is 34.0 Å². The molecule has 0 fully saturated rings. The first-order valence-corrected chi connectivity index (χ1v) is 7.77. The van der Waals surface area contributed by atoms with Gasteiger partial charge in [0.05, 0.1) is 22.9 Å². The highest BCUT2D eigenvalue weighted by Crippen LogP contribution is 2.20. The van der Waals surface area contributed by atoms with Gasteiger partial charge < -0.3 is 5.32 Å². The second-order valence-corrected chi connectivity index (χ2v) is 5.77. The zero-order chi connectivity index (χ0) is 13.7. The summed E-state index contributed by atoms with van der Waals surface area (Å²) in [5, 5.41) is 11.2. The van der Waals surface area contributed by atoms with E-state index in [-0.39, 0.29) is 0 Å². The summed E-state index contributed by atoms with van der Waals surface area (Å²) in [6, 6.07) is 0.291. The Hall–Kier alpha value is -1.20. The van der Waals surface area contributed by atoms with E-state index in [1.54, 1.807) is 11.3 Å². The zero-order valence-corrected chi connectivity index (χ0v) is 12.7. The van der Waals surface area contributed by atoms with E-state index in [0.717, 1.165) is 36.6 Å². The molecule has 2 aromatic rings. The second-order valence-electron chi connectivity index (χ2n) is 4.71. The minimum atomic E-state index is 0.291. The molecule has 0 amide bonds. The molecule has 1 unspecified atom stereocenters. The van der Waals surface area contributed by atoms with Crippen LogP contribution in [-0.4, -0.2) is 21.3 Å². The van der Waals surface area contributed by atoms with Crippen LogP contribution in [0.15, 0.2) is 17.8 Å². The third kappa shape index (κ3) is 3.88. The molecule has 1 N–H and O–H groups in total. The summed E-state index contributed by atoms with van der Waals surface area (Å²) in [6.07, 6.45) is 6.17. The van der Waals surface area contributed by atoms with Crippen LogP contribution in [0.5, 0.6) is 0 Å². The summed E-state index contributed by atoms with van der Waals surface area (Å²) in [5.41, 5.74) is 2.42. The van der Waals surface area contributed by atoms with Gasteiger partial charge in [-0.15, -0.1) is 11.3 Å². The molecule has 0 aliphatic carbocycles. The van der Waals surface area contributed by atoms with Crippen molar-refractivity contribution in [3.63, 3.8) is 0 Å². The molecule has 5 heteroatoms. The van der Waals surface area contributed by atoms with Gasteiger partial charge in [0.2, 0.25) is 0 Å². The Bertz CT molecular complexity index is 503. The van der Waals surface area contributed by atoms with E-state index in [9.17, 15) is 0 Å². The van der Waals surface area contributed by atoms with E-state index in [4.69, 9.17) is 0 Å². The monoisotopic (exact) mass is 278 g/mol. The van der Waals surface area contributed by atoms with E-state index in [1.165, 1.54) is 5.56 Å². The van der Waals surface area contributed by atoms with Crippen molar-refractivity contribution in [3.8, 4) is 0 Å². The molecule has 0 aliphatic rings. The predicted octanol–water partition coefficient (Wildman–Crippen LogP) is 2.95. The number of nitrogens with one attached hydrogen (secondary N) is 1. The maximum atomic E-state index is 4.62. The highest BCUT2D eigenvalue weighted by atomic mass is 32.1. The lowest BCUT2D eigenvalue weighted by atomic mass is 10.1. The summed E-state index contributed by atoms with van der Waals surface area (Å²) in [7, 11) is 0. The van der Waals surface area contributed by atoms with Crippen LogP contribution in [0, 0.1) is 6.92 Å². The maximum Gasteiger partial charge on any atom is 0.0898 e. The zero-order valence-electron chi connectivity index (χ0n) is 11.9. The van der Waals surface area contributed by atoms with Crippen molar-refractivity contribution in [2.75, 3.05) is 6.54 Å². The molecule has 0 aliphatic heterocycles. The highest BCUT2D eigenvalue weighted by molar-refractivity contribution is 7.09. The molecule has 0 aromatic carbocycles. The molecule has 0 saturated carbocycles. The van der Waals surface area contributed by atoms with Gasteiger partial charge in [-0.1, -0.05) is 6.92 Å². The summed E-state index contributed by atoms with van der Waals surface area (Å²) < 4.78 is 1.97. The average molecular weight is 278 g/mol. The largest absolute Gasteiger partial charge is 0.308 e. The number of aromatic nitrogens is 3. The van der Waals surface area contributed by atoms with Crippen LogP contribution in [0.4, 0.5) is 0 Å². The number of thiazole rings is 1. The van der Waals surface area contributed by atoms with Gasteiger partial charge in [-0.25, -0.2) is 4.98 Å². The third-order valence-corrected chi connectivity index (χ3v) is 3.88. The van der Waals surface area contributed by atoms with E-state index in [0.29, 0.717) is 6.04 Å². The van der Waals surface area contributed by atoms with Gasteiger partial charge in [0.25, 0.3) is 0 Å². The summed E-state index contributed by atoms with van der Waals surface area (Å²) in [4.78, 5) is 4.62. The topological polar surface area (TPSA) is 42.7 Å². The number of nitrogens with zero attached hydrogens (tertiary/aromatic N) is 3. The summed E-state index contributed by atoms with van der Waals surface area (Å²) in [5.74, 6) is 0. The van der Waals surface area contributed by atoms with Crippen LogP contribution in [-0.2, 0) is 13.0 Å². The number of hydrogen-bond donors (Lipinski definition) is 1. The van der Waals surface area contributed by atoms with Crippen LogP contribution in [0.3, 0.4) is 0 Å². The SMILES string of the molecule is CCCNC(Cc1cnn(CC)c1)c1csc(C)n1. The summed E-state index contributed by atoms with van der Waals surface area (Å²) >= 11 is 1.71. The Labute approximate surface area is 118 Å². The fourth-order valence-electron chi connectivity index (χ4n) is 2.06. The molecular formula is C14H22N4S. The Kier molecular flexibility index (Phi) is 5.10. The van der Waals surface area contributed by atoms with E-state index < -0.39 is 0 Å². The van der Waals surface area contributed by atoms with Crippen LogP contribution in [0.1, 0.15) is 42.6 Å². The third-order valence-electron chi connectivity index (χ3n) is 3.09. The molecule has 1 atom stereocenters. The van der Waals surface area contributed by atoms with Gasteiger partial charge in [0.15, 0.2) is 0 Å². The van der Waals surface area contributed by atoms with Gasteiger partial charge in [-0.3, -0.25) is 4.68 Å². The smallest absolute Gasteiger partial charge is 0.0898 e. The molecule has 0 radical (unpaired) electrons. The Morgan fingerprint density at radius 3 is 2.84 bits per heavy atom. The Morgan fingerprint density at radius 1 is 1.42 bits per heavy atom. The highest BCUT2D eigenvalue weighted by Gasteiger charge is 2.15. The molecule has 19 heavy (non-hydrogen) atoms. The van der Waals surface area contributed by atoms with Gasteiger partial charge in [-0.05, 0) is 38.8 Å². The number of hydrogen-bond acceptors (Lipinski definition) is 4. The first-order valence-electron chi connectivity index (χ1n) is 6.89. The minimum absolute atomic E-state index is 0.291. The van der Waals surface area contributed by atoms with Gasteiger partial charge >= 0.3 is 0 Å². The molecule has 0 spiro atoms. The Morgan fingerprint density at radius 2 is 2.26 bits per heavy atom. The van der Waals surface area contributed by atoms with Gasteiger partial charge in [0, 0.05) is 18.1 Å². The van der Waals surface area contributed by atoms with Gasteiger partial charge in [0.1, 0.15) is 0 Å². The molecule has 104 valence electrons. The molecule has 0 bridgehead atoms. The molecule has 2 aromatic heterocycles. The van der Waals surface area contributed by atoms with Crippen molar-refractivity contribution < 1.29 is 0 Å². The van der Waals surface area contributed by atoms with Crippen LogP contribution in [0.25, 0.3) is 0 Å². The minimum Gasteiger partial charge on any atom is -0.308 e. The quantitative estimate of drug-likeness (QED) is 0.846. The lowest BCUT2D eigenvalue weighted by Gasteiger charge is -2.15. The molecule has 4 nitrogen and oxygen atoms in total. The van der Waals surface area contributed by atoms with Gasteiger partial charge in [-0.2, -0.15) is 5.10 Å². The van der Waals surface area contributed by atoms with Crippen molar-refractivity contribution in [1.29, 1.82) is 0 Å². The molecule has 2 rings (SSSR count). The lowest BCUT2D eigenvalue weighted by Crippen LogP contribution is -2.24. The van der Waals surface area contributed by atoms with E-state index in [1.807, 2.05) is 10.9 Å². The standard InChI is InChI=1S/C14H22N4S/c1-4-6-15-13(14-10-19-11(3)17-14)7-12-8-16-18(5-2)9-12/h8-10,13,15H,4-7H2,1-3H3. The van der Waals surface area contributed by atoms with Crippen molar-refractivity contribution in [1.82, 2.24) is 20.1 Å². The molecular weight excluding hydrogens is 256 g/mol. The fraction of sp³-hybridized carbons (Fsp3) is 0.571. The van der Waals surface area contributed by atoms with Crippen LogP contribution < -0.4 is 5.32 Å². The van der Waals surface area contributed by atoms with E-state index >= 15 is 0 Å². The number of rotatable bonds is 7. The second kappa shape index (κ2) is 6.82. The van der Waals surface area contributed by atoms with Crippen molar-refractivity contribution >= 4 is 11.3 Å².